The molecule has 0 saturated heterocycles. The number of amides is 2. The first-order valence-electron chi connectivity index (χ1n) is 8.53. The molecule has 3 aromatic rings. The minimum Gasteiger partial charge on any atom is -0.348 e. The van der Waals surface area contributed by atoms with Crippen LogP contribution < -0.4 is 10.6 Å². The molecule has 2 heterocycles. The van der Waals surface area contributed by atoms with Gasteiger partial charge in [-0.2, -0.15) is 0 Å². The van der Waals surface area contributed by atoms with Crippen molar-refractivity contribution in [2.45, 2.75) is 33.7 Å². The largest absolute Gasteiger partial charge is 0.348 e. The van der Waals surface area contributed by atoms with Gasteiger partial charge in [0.1, 0.15) is 0 Å². The molecule has 6 heteroatoms. The number of nitrogens with zero attached hydrogens (tertiary/aromatic N) is 2. The van der Waals surface area contributed by atoms with Crippen molar-refractivity contribution in [2.75, 3.05) is 5.32 Å². The van der Waals surface area contributed by atoms with Gasteiger partial charge in [0.2, 0.25) is 5.82 Å². The van der Waals surface area contributed by atoms with Crippen molar-refractivity contribution in [1.82, 2.24) is 14.7 Å². The fourth-order valence-electron chi connectivity index (χ4n) is 2.70. The number of hydrogen-bond donors (Lipinski definition) is 2. The summed E-state index contributed by atoms with van der Waals surface area (Å²) in [6, 6.07) is 11.1. The zero-order valence-corrected chi connectivity index (χ0v) is 15.3. The number of carbonyl (C=O) groups is 2. The van der Waals surface area contributed by atoms with Crippen molar-refractivity contribution in [3.8, 4) is 0 Å². The van der Waals surface area contributed by atoms with Gasteiger partial charge in [0.15, 0.2) is 5.69 Å². The molecule has 2 N–H and O–H groups in total. The maximum atomic E-state index is 12.8. The van der Waals surface area contributed by atoms with Gasteiger partial charge in [-0.25, -0.2) is 4.98 Å². The second-order valence-electron chi connectivity index (χ2n) is 6.62. The van der Waals surface area contributed by atoms with E-state index in [1.165, 1.54) is 0 Å². The average molecular weight is 350 g/mol. The zero-order valence-electron chi connectivity index (χ0n) is 15.3. The molecule has 0 aliphatic rings. The minimum absolute atomic E-state index is 0.0178. The predicted octanol–water partition coefficient (Wildman–Crippen LogP) is 3.34. The van der Waals surface area contributed by atoms with E-state index in [1.807, 2.05) is 52.0 Å². The summed E-state index contributed by atoms with van der Waals surface area (Å²) < 4.78 is 1.63. The Labute approximate surface area is 152 Å². The maximum absolute atomic E-state index is 12.8. The number of imidazole rings is 1. The van der Waals surface area contributed by atoms with Crippen LogP contribution in [-0.4, -0.2) is 27.2 Å². The van der Waals surface area contributed by atoms with Gasteiger partial charge in [0.25, 0.3) is 11.8 Å². The van der Waals surface area contributed by atoms with Gasteiger partial charge in [-0.1, -0.05) is 12.1 Å². The molecule has 2 aromatic heterocycles. The third kappa shape index (κ3) is 3.44. The minimum atomic E-state index is -0.363. The second-order valence-corrected chi connectivity index (χ2v) is 6.62. The Morgan fingerprint density at radius 3 is 2.50 bits per heavy atom. The summed E-state index contributed by atoms with van der Waals surface area (Å²) in [7, 11) is 0. The van der Waals surface area contributed by atoms with Gasteiger partial charge in [-0.05, 0) is 63.1 Å². The first-order valence-corrected chi connectivity index (χ1v) is 8.53. The van der Waals surface area contributed by atoms with Crippen molar-refractivity contribution in [1.29, 1.82) is 0 Å². The van der Waals surface area contributed by atoms with Crippen LogP contribution in [0.15, 0.2) is 42.6 Å². The van der Waals surface area contributed by atoms with Crippen molar-refractivity contribution in [3.05, 3.63) is 65.2 Å². The van der Waals surface area contributed by atoms with Gasteiger partial charge in [-0.3, -0.25) is 14.0 Å². The lowest BCUT2D eigenvalue weighted by molar-refractivity contribution is 0.0940. The number of aromatic nitrogens is 2. The van der Waals surface area contributed by atoms with Gasteiger partial charge >= 0.3 is 0 Å². The van der Waals surface area contributed by atoms with Crippen LogP contribution in [0.5, 0.6) is 0 Å². The highest BCUT2D eigenvalue weighted by atomic mass is 16.2. The van der Waals surface area contributed by atoms with Gasteiger partial charge < -0.3 is 10.6 Å². The molecule has 0 aliphatic heterocycles. The molecule has 0 aliphatic carbocycles. The lowest BCUT2D eigenvalue weighted by Crippen LogP contribution is -2.30. The summed E-state index contributed by atoms with van der Waals surface area (Å²) in [4.78, 5) is 29.5. The molecule has 3 rings (SSSR count). The van der Waals surface area contributed by atoms with Gasteiger partial charge in [0.05, 0.1) is 5.52 Å². The number of aryl methyl sites for hydroxylation is 2. The summed E-state index contributed by atoms with van der Waals surface area (Å²) in [6.07, 6.45) is 1.73. The van der Waals surface area contributed by atoms with Crippen LogP contribution in [0.4, 0.5) is 5.69 Å². The molecule has 2 amide bonds. The Bertz CT molecular complexity index is 989. The molecular formula is C20H22N4O2. The molecule has 134 valence electrons. The Morgan fingerprint density at radius 2 is 1.81 bits per heavy atom. The summed E-state index contributed by atoms with van der Waals surface area (Å²) in [6.45, 7) is 7.76. The second kappa shape index (κ2) is 7.00. The molecule has 0 spiro atoms. The van der Waals surface area contributed by atoms with E-state index in [2.05, 4.69) is 15.6 Å². The van der Waals surface area contributed by atoms with E-state index in [9.17, 15) is 9.59 Å². The Hall–Kier alpha value is -3.15. The van der Waals surface area contributed by atoms with E-state index < -0.39 is 0 Å². The first kappa shape index (κ1) is 17.7. The van der Waals surface area contributed by atoms with E-state index in [0.717, 1.165) is 11.1 Å². The van der Waals surface area contributed by atoms with Gasteiger partial charge in [-0.15, -0.1) is 0 Å². The van der Waals surface area contributed by atoms with Crippen LogP contribution in [0.1, 0.15) is 46.1 Å². The summed E-state index contributed by atoms with van der Waals surface area (Å²) >= 11 is 0. The summed E-state index contributed by atoms with van der Waals surface area (Å²) in [5, 5.41) is 5.68. The van der Waals surface area contributed by atoms with Crippen molar-refractivity contribution in [3.63, 3.8) is 0 Å². The van der Waals surface area contributed by atoms with E-state index >= 15 is 0 Å². The van der Waals surface area contributed by atoms with Crippen LogP contribution in [-0.2, 0) is 0 Å². The third-order valence-electron chi connectivity index (χ3n) is 4.15. The standard InChI is InChI=1S/C20H22N4O2/c1-12(2)21-19(25)17-16-7-5-6-10-24(16)18(23-17)20(26)22-15-9-8-13(3)14(4)11-15/h5-12H,1-4H3,(H,21,25)(H,22,26). The van der Waals surface area contributed by atoms with Crippen LogP contribution in [0.25, 0.3) is 5.52 Å². The van der Waals surface area contributed by atoms with Crippen LogP contribution >= 0.6 is 0 Å². The van der Waals surface area contributed by atoms with Crippen LogP contribution in [0.3, 0.4) is 0 Å². The molecule has 0 atom stereocenters. The van der Waals surface area contributed by atoms with Crippen molar-refractivity contribution in [2.24, 2.45) is 0 Å². The van der Waals surface area contributed by atoms with E-state index in [1.54, 1.807) is 22.7 Å². The number of nitrogens with one attached hydrogen (secondary N) is 2. The van der Waals surface area contributed by atoms with Crippen molar-refractivity contribution >= 4 is 23.0 Å². The Kier molecular flexibility index (Phi) is 4.75. The summed E-state index contributed by atoms with van der Waals surface area (Å²) in [5.41, 5.74) is 3.77. The predicted molar refractivity (Wildman–Crippen MR) is 102 cm³/mol. The molecule has 1 aromatic carbocycles. The molecule has 26 heavy (non-hydrogen) atoms. The lowest BCUT2D eigenvalue weighted by atomic mass is 10.1. The number of anilines is 1. The summed E-state index contributed by atoms with van der Waals surface area (Å²) in [5.74, 6) is -0.486. The van der Waals surface area contributed by atoms with Gasteiger partial charge in [0, 0.05) is 17.9 Å². The molecular weight excluding hydrogens is 328 g/mol. The van der Waals surface area contributed by atoms with Crippen molar-refractivity contribution < 1.29 is 9.59 Å². The molecule has 0 radical (unpaired) electrons. The topological polar surface area (TPSA) is 75.5 Å². The Morgan fingerprint density at radius 1 is 1.04 bits per heavy atom. The number of pyridine rings is 1. The third-order valence-corrected chi connectivity index (χ3v) is 4.15. The Balaban J connectivity index is 1.97. The fourth-order valence-corrected chi connectivity index (χ4v) is 2.70. The average Bonchev–Trinajstić information content (AvgIpc) is 2.97. The van der Waals surface area contributed by atoms with E-state index in [4.69, 9.17) is 0 Å². The highest BCUT2D eigenvalue weighted by Gasteiger charge is 2.21. The fraction of sp³-hybridized carbons (Fsp3) is 0.250. The van der Waals surface area contributed by atoms with E-state index in [0.29, 0.717) is 11.2 Å². The molecule has 0 saturated carbocycles. The maximum Gasteiger partial charge on any atom is 0.292 e. The normalized spacial score (nSPS) is 11.0. The van der Waals surface area contributed by atoms with Crippen LogP contribution in [0, 0.1) is 13.8 Å². The number of fused-ring (bicyclic) bond motifs is 1. The highest BCUT2D eigenvalue weighted by molar-refractivity contribution is 6.06. The SMILES string of the molecule is Cc1ccc(NC(=O)c2nc(C(=O)NC(C)C)c3ccccn23)cc1C. The monoisotopic (exact) mass is 350 g/mol. The number of hydrogen-bond acceptors (Lipinski definition) is 3. The van der Waals surface area contributed by atoms with E-state index in [-0.39, 0.29) is 29.4 Å². The first-order chi connectivity index (χ1) is 12.4. The molecule has 0 fully saturated rings. The quantitative estimate of drug-likeness (QED) is 0.758. The zero-order chi connectivity index (χ0) is 18.8. The lowest BCUT2D eigenvalue weighted by Gasteiger charge is -2.07. The molecule has 6 nitrogen and oxygen atoms in total. The molecule has 0 unspecified atom stereocenters. The smallest absolute Gasteiger partial charge is 0.292 e. The number of carbonyl (C=O) groups excluding carboxylic acids is 2. The highest BCUT2D eigenvalue weighted by Crippen LogP contribution is 2.17. The van der Waals surface area contributed by atoms with Crippen LogP contribution in [0.2, 0.25) is 0 Å². The molecule has 0 bridgehead atoms. The number of benzene rings is 1. The number of rotatable bonds is 4.